The van der Waals surface area contributed by atoms with Gasteiger partial charge in [-0.05, 0) is 47.3 Å². The van der Waals surface area contributed by atoms with E-state index >= 15 is 0 Å². The van der Waals surface area contributed by atoms with Gasteiger partial charge in [0.05, 0.1) is 28.4 Å². The molecule has 0 N–H and O–H groups in total. The van der Waals surface area contributed by atoms with Crippen LogP contribution in [0.1, 0.15) is 50.1 Å². The maximum Gasteiger partial charge on any atom is 0.240 e. The summed E-state index contributed by atoms with van der Waals surface area (Å²) >= 11 is 13.6. The lowest BCUT2D eigenvalue weighted by molar-refractivity contribution is 0.0599. The molecule has 2 heterocycles. The van der Waals surface area contributed by atoms with E-state index in [0.717, 1.165) is 23.5 Å². The van der Waals surface area contributed by atoms with Crippen molar-refractivity contribution < 1.29 is 4.43 Å². The number of fused-ring (bicyclic) bond motifs is 1. The summed E-state index contributed by atoms with van der Waals surface area (Å²) in [4.78, 5) is 11.6. The summed E-state index contributed by atoms with van der Waals surface area (Å²) in [5.74, 6) is 1.31. The molecular weight excluding hydrogens is 555 g/mol. The average Bonchev–Trinajstić information content (AvgIpc) is 2.93. The molecule has 0 saturated carbocycles. The Morgan fingerprint density at radius 3 is 2.15 bits per heavy atom. The van der Waals surface area contributed by atoms with E-state index in [2.05, 4.69) is 85.3 Å². The maximum absolute atomic E-state index is 9.33. The van der Waals surface area contributed by atoms with Crippen molar-refractivity contribution in [2.45, 2.75) is 46.1 Å². The average molecular weight is 588 g/mol. The summed E-state index contributed by atoms with van der Waals surface area (Å²) in [6, 6.07) is 28.6. The zero-order valence-electron chi connectivity index (χ0n) is 23.1. The second-order valence-corrected chi connectivity index (χ2v) is 14.4. The number of hydrogen-bond donors (Lipinski definition) is 0. The summed E-state index contributed by atoms with van der Waals surface area (Å²) in [7, 11) is -2.06. The number of benzene rings is 3. The molecule has 1 aromatic heterocycles. The highest BCUT2D eigenvalue weighted by Crippen LogP contribution is 2.48. The van der Waals surface area contributed by atoms with E-state index in [9.17, 15) is 5.26 Å². The van der Waals surface area contributed by atoms with Gasteiger partial charge in [-0.2, -0.15) is 5.26 Å². The number of anilines is 2. The van der Waals surface area contributed by atoms with Crippen LogP contribution in [-0.2, 0) is 4.43 Å². The van der Waals surface area contributed by atoms with E-state index < -0.39 is 9.04 Å². The Hall–Kier alpha value is -3.21. The maximum atomic E-state index is 9.33. The second-order valence-electron chi connectivity index (χ2n) is 11.2. The fourth-order valence-corrected chi connectivity index (χ4v) is 8.93. The number of aryl methyl sites for hydroxylation is 1. The van der Waals surface area contributed by atoms with Crippen LogP contribution in [0.2, 0.25) is 10.2 Å². The summed E-state index contributed by atoms with van der Waals surface area (Å²) in [6.45, 7) is 9.21. The number of nitriles is 1. The van der Waals surface area contributed by atoms with Crippen LogP contribution in [0, 0.1) is 23.7 Å². The van der Waals surface area contributed by atoms with E-state index in [1.807, 2.05) is 25.1 Å². The summed E-state index contributed by atoms with van der Waals surface area (Å²) < 4.78 is 7.31. The molecule has 3 aromatic carbocycles. The van der Waals surface area contributed by atoms with Gasteiger partial charge in [0.25, 0.3) is 0 Å². The smallest absolute Gasteiger partial charge is 0.240 e. The van der Waals surface area contributed by atoms with Crippen LogP contribution in [0.25, 0.3) is 0 Å². The van der Waals surface area contributed by atoms with Gasteiger partial charge in [-0.15, -0.1) is 0 Å². The SMILES string of the molecule is Cc1nc(Cl)c2c(n1)N(c1ccc(C#N)cc1Cl)CCC2C(O[SiH](c1ccccc1)c1ccccc1)C(C)(C)C. The first-order chi connectivity index (χ1) is 19.2. The van der Waals surface area contributed by atoms with Crippen LogP contribution in [0.3, 0.4) is 0 Å². The van der Waals surface area contributed by atoms with Gasteiger partial charge in [-0.25, -0.2) is 9.97 Å². The van der Waals surface area contributed by atoms with Crippen molar-refractivity contribution in [2.24, 2.45) is 5.41 Å². The van der Waals surface area contributed by atoms with Crippen LogP contribution in [-0.4, -0.2) is 31.7 Å². The third-order valence-electron chi connectivity index (χ3n) is 7.35. The monoisotopic (exact) mass is 586 g/mol. The Labute approximate surface area is 248 Å². The largest absolute Gasteiger partial charge is 0.407 e. The van der Waals surface area contributed by atoms with Crippen molar-refractivity contribution in [3.05, 3.63) is 106 Å². The van der Waals surface area contributed by atoms with Gasteiger partial charge in [0.1, 0.15) is 16.8 Å². The molecule has 2 atom stereocenters. The second kappa shape index (κ2) is 11.7. The fourth-order valence-electron chi connectivity index (χ4n) is 5.56. The van der Waals surface area contributed by atoms with Crippen LogP contribution in [0.4, 0.5) is 11.5 Å². The number of nitrogens with zero attached hydrogens (tertiary/aromatic N) is 4. The molecule has 204 valence electrons. The van der Waals surface area contributed by atoms with Gasteiger partial charge < -0.3 is 9.33 Å². The Kier molecular flexibility index (Phi) is 8.30. The Bertz CT molecular complexity index is 1500. The molecule has 5 nitrogen and oxygen atoms in total. The molecule has 5 rings (SSSR count). The molecule has 0 aliphatic carbocycles. The molecule has 1 aliphatic rings. The van der Waals surface area contributed by atoms with Gasteiger partial charge in [-0.1, -0.05) is 105 Å². The zero-order chi connectivity index (χ0) is 28.4. The molecule has 2 unspecified atom stereocenters. The van der Waals surface area contributed by atoms with Gasteiger partial charge in [-0.3, -0.25) is 0 Å². The lowest BCUT2D eigenvalue weighted by Crippen LogP contribution is -2.52. The third kappa shape index (κ3) is 5.79. The molecule has 0 radical (unpaired) electrons. The molecular formula is C32H32Cl2N4OSi. The fraction of sp³-hybridized carbons (Fsp3) is 0.281. The lowest BCUT2D eigenvalue weighted by atomic mass is 9.76. The normalized spacial score (nSPS) is 15.9. The quantitative estimate of drug-likeness (QED) is 0.189. The van der Waals surface area contributed by atoms with Crippen molar-refractivity contribution in [3.63, 3.8) is 0 Å². The van der Waals surface area contributed by atoms with E-state index in [1.165, 1.54) is 10.4 Å². The van der Waals surface area contributed by atoms with Gasteiger partial charge in [0.2, 0.25) is 9.04 Å². The van der Waals surface area contributed by atoms with Gasteiger partial charge in [0.15, 0.2) is 0 Å². The van der Waals surface area contributed by atoms with Crippen LogP contribution >= 0.6 is 23.2 Å². The third-order valence-corrected chi connectivity index (χ3v) is 10.5. The number of aromatic nitrogens is 2. The van der Waals surface area contributed by atoms with E-state index in [4.69, 9.17) is 32.6 Å². The van der Waals surface area contributed by atoms with Crippen molar-refractivity contribution in [3.8, 4) is 6.07 Å². The molecule has 0 bridgehead atoms. The molecule has 4 aromatic rings. The predicted octanol–water partition coefficient (Wildman–Crippen LogP) is 6.56. The highest BCUT2D eigenvalue weighted by Gasteiger charge is 2.42. The minimum absolute atomic E-state index is 0.0288. The minimum Gasteiger partial charge on any atom is -0.407 e. The standard InChI is InChI=1S/C32H32Cl2N4OSi/c1-21-36-30(34)28-25(17-18-38(31(28)37-21)27-16-15-22(20-35)19-26(27)33)29(32(2,3)4)39-40(23-11-7-5-8-12-23)24-13-9-6-10-14-24/h5-16,19,25,29,40H,17-18H2,1-4H3. The molecule has 0 amide bonds. The molecule has 1 aliphatic heterocycles. The van der Waals surface area contributed by atoms with Gasteiger partial charge in [0, 0.05) is 18.0 Å². The number of hydrogen-bond acceptors (Lipinski definition) is 5. The van der Waals surface area contributed by atoms with Crippen LogP contribution < -0.4 is 15.3 Å². The molecule has 0 fully saturated rings. The highest BCUT2D eigenvalue weighted by atomic mass is 35.5. The first kappa shape index (κ1) is 28.3. The number of halogens is 2. The van der Waals surface area contributed by atoms with Crippen LogP contribution in [0.5, 0.6) is 0 Å². The van der Waals surface area contributed by atoms with Crippen molar-refractivity contribution in [1.29, 1.82) is 5.26 Å². The molecule has 0 spiro atoms. The van der Waals surface area contributed by atoms with E-state index in [0.29, 0.717) is 28.1 Å². The summed E-state index contributed by atoms with van der Waals surface area (Å²) in [5.41, 5.74) is 2.00. The summed E-state index contributed by atoms with van der Waals surface area (Å²) in [6.07, 6.45) is 0.632. The van der Waals surface area contributed by atoms with Gasteiger partial charge >= 0.3 is 0 Å². The van der Waals surface area contributed by atoms with E-state index in [1.54, 1.807) is 12.1 Å². The Morgan fingerprint density at radius 2 is 1.60 bits per heavy atom. The molecule has 8 heteroatoms. The first-order valence-corrected chi connectivity index (χ1v) is 15.8. The Morgan fingerprint density at radius 1 is 0.975 bits per heavy atom. The van der Waals surface area contributed by atoms with Crippen molar-refractivity contribution in [2.75, 3.05) is 11.4 Å². The molecule has 40 heavy (non-hydrogen) atoms. The lowest BCUT2D eigenvalue weighted by Gasteiger charge is -2.44. The van der Waals surface area contributed by atoms with Crippen molar-refractivity contribution in [1.82, 2.24) is 9.97 Å². The topological polar surface area (TPSA) is 62.0 Å². The van der Waals surface area contributed by atoms with Crippen molar-refractivity contribution >= 4 is 54.1 Å². The molecule has 0 saturated heterocycles. The highest BCUT2D eigenvalue weighted by molar-refractivity contribution is 6.80. The number of rotatable bonds is 6. The van der Waals surface area contributed by atoms with E-state index in [-0.39, 0.29) is 17.4 Å². The zero-order valence-corrected chi connectivity index (χ0v) is 25.8. The van der Waals surface area contributed by atoms with Crippen LogP contribution in [0.15, 0.2) is 78.9 Å². The Balaban J connectivity index is 1.61. The predicted molar refractivity (Wildman–Crippen MR) is 166 cm³/mol. The minimum atomic E-state index is -2.06. The summed E-state index contributed by atoms with van der Waals surface area (Å²) in [5, 5.41) is 12.7. The first-order valence-electron chi connectivity index (χ1n) is 13.4.